The van der Waals surface area contributed by atoms with Gasteiger partial charge in [0.15, 0.2) is 5.13 Å². The molecule has 1 saturated carbocycles. The minimum absolute atomic E-state index is 0.00572. The van der Waals surface area contributed by atoms with Crippen LogP contribution in [0.3, 0.4) is 0 Å². The molecule has 2 aromatic rings. The molecule has 0 radical (unpaired) electrons. The van der Waals surface area contributed by atoms with E-state index >= 15 is 0 Å². The van der Waals surface area contributed by atoms with Gasteiger partial charge in [-0.1, -0.05) is 18.9 Å². The van der Waals surface area contributed by atoms with Crippen LogP contribution in [0.15, 0.2) is 29.8 Å². The van der Waals surface area contributed by atoms with Crippen LogP contribution in [0.25, 0.3) is 11.4 Å². The molecule has 2 aliphatic rings. The Balaban J connectivity index is 1.44. The van der Waals surface area contributed by atoms with Crippen LogP contribution in [0.5, 0.6) is 0 Å². The fraction of sp³-hybridized carbons (Fsp3) is 0.438. The van der Waals surface area contributed by atoms with Crippen LogP contribution in [0.2, 0.25) is 0 Å². The number of hydrazine groups is 1. The van der Waals surface area contributed by atoms with Gasteiger partial charge in [0.05, 0.1) is 5.69 Å². The molecule has 0 aromatic carbocycles. The molecule has 0 bridgehead atoms. The van der Waals surface area contributed by atoms with Gasteiger partial charge >= 0.3 is 0 Å². The zero-order chi connectivity index (χ0) is 15.6. The van der Waals surface area contributed by atoms with Crippen LogP contribution in [0.4, 0.5) is 5.13 Å². The van der Waals surface area contributed by atoms with Gasteiger partial charge in [-0.2, -0.15) is 0 Å². The molecule has 120 valence electrons. The number of thiazole rings is 1. The van der Waals surface area contributed by atoms with Crippen molar-refractivity contribution in [3.8, 4) is 11.4 Å². The Labute approximate surface area is 138 Å². The predicted octanol–water partition coefficient (Wildman–Crippen LogP) is 2.18. The molecule has 1 amide bonds. The van der Waals surface area contributed by atoms with Crippen molar-refractivity contribution >= 4 is 22.4 Å². The Bertz CT molecular complexity index is 689. The van der Waals surface area contributed by atoms with E-state index in [0.717, 1.165) is 24.2 Å². The van der Waals surface area contributed by atoms with Crippen molar-refractivity contribution in [2.45, 2.75) is 37.8 Å². The van der Waals surface area contributed by atoms with Crippen LogP contribution in [-0.4, -0.2) is 28.0 Å². The van der Waals surface area contributed by atoms with Gasteiger partial charge in [0, 0.05) is 23.5 Å². The highest BCUT2D eigenvalue weighted by atomic mass is 32.1. The second-order valence-electron chi connectivity index (χ2n) is 6.06. The molecule has 2 fully saturated rings. The van der Waals surface area contributed by atoms with E-state index in [1.54, 1.807) is 6.20 Å². The van der Waals surface area contributed by atoms with Gasteiger partial charge in [-0.15, -0.1) is 11.3 Å². The predicted molar refractivity (Wildman–Crippen MR) is 89.8 cm³/mol. The van der Waals surface area contributed by atoms with E-state index in [1.807, 2.05) is 23.6 Å². The number of hydrogen-bond acceptors (Lipinski definition) is 6. The normalized spacial score (nSPS) is 26.7. The minimum Gasteiger partial charge on any atom is -0.301 e. The zero-order valence-electron chi connectivity index (χ0n) is 12.7. The summed E-state index contributed by atoms with van der Waals surface area (Å²) in [5.41, 5.74) is 8.04. The van der Waals surface area contributed by atoms with Crippen molar-refractivity contribution < 1.29 is 4.79 Å². The number of amides is 1. The molecule has 6 nitrogen and oxygen atoms in total. The first kappa shape index (κ1) is 14.7. The van der Waals surface area contributed by atoms with Crippen LogP contribution < -0.4 is 16.2 Å². The molecule has 0 spiro atoms. The molecule has 3 unspecified atom stereocenters. The first-order chi connectivity index (χ1) is 11.3. The third-order valence-corrected chi connectivity index (χ3v) is 5.37. The largest absolute Gasteiger partial charge is 0.301 e. The van der Waals surface area contributed by atoms with Gasteiger partial charge in [0.1, 0.15) is 11.7 Å². The van der Waals surface area contributed by atoms with E-state index in [0.29, 0.717) is 17.1 Å². The molecule has 2 aromatic heterocycles. The number of fused-ring (bicyclic) bond motifs is 1. The number of hydrogen-bond donors (Lipinski definition) is 3. The number of nitrogens with one attached hydrogen (secondary N) is 3. The maximum Gasteiger partial charge on any atom is 0.244 e. The maximum absolute atomic E-state index is 12.6. The summed E-state index contributed by atoms with van der Waals surface area (Å²) in [6.45, 7) is 0. The molecular weight excluding hydrogens is 310 g/mol. The van der Waals surface area contributed by atoms with Gasteiger partial charge < -0.3 is 5.32 Å². The van der Waals surface area contributed by atoms with E-state index in [2.05, 4.69) is 26.1 Å². The minimum atomic E-state index is -0.178. The lowest BCUT2D eigenvalue weighted by atomic mass is 9.81. The highest BCUT2D eigenvalue weighted by Gasteiger charge is 2.41. The van der Waals surface area contributed by atoms with Crippen molar-refractivity contribution in [3.63, 3.8) is 0 Å². The van der Waals surface area contributed by atoms with Crippen molar-refractivity contribution in [3.05, 3.63) is 29.8 Å². The smallest absolute Gasteiger partial charge is 0.244 e. The standard InChI is InChI=1S/C16H19N5OS/c22-15(14-10-5-1-2-6-11(10)20-21-14)19-16-18-13(9-23-16)12-7-3-4-8-17-12/h3-4,7-11,14,20-21H,1-2,5-6H2,(H,18,19,22). The zero-order valence-corrected chi connectivity index (χ0v) is 13.5. The Morgan fingerprint density at radius 3 is 3.00 bits per heavy atom. The number of aromatic nitrogens is 2. The Hall–Kier alpha value is -1.83. The molecule has 3 atom stereocenters. The fourth-order valence-electron chi connectivity index (χ4n) is 3.45. The van der Waals surface area contributed by atoms with E-state index in [9.17, 15) is 4.79 Å². The summed E-state index contributed by atoms with van der Waals surface area (Å²) < 4.78 is 0. The summed E-state index contributed by atoms with van der Waals surface area (Å²) in [4.78, 5) is 21.3. The molecular formula is C16H19N5OS. The summed E-state index contributed by atoms with van der Waals surface area (Å²) in [5.74, 6) is 0.368. The second-order valence-corrected chi connectivity index (χ2v) is 6.92. The molecule has 1 saturated heterocycles. The number of anilines is 1. The third-order valence-electron chi connectivity index (χ3n) is 4.62. The van der Waals surface area contributed by atoms with E-state index in [1.165, 1.54) is 24.2 Å². The monoisotopic (exact) mass is 329 g/mol. The number of rotatable bonds is 3. The van der Waals surface area contributed by atoms with Crippen molar-refractivity contribution in [1.82, 2.24) is 20.8 Å². The summed E-state index contributed by atoms with van der Waals surface area (Å²) in [6.07, 6.45) is 6.42. The fourth-order valence-corrected chi connectivity index (χ4v) is 4.16. The Morgan fingerprint density at radius 1 is 1.22 bits per heavy atom. The molecule has 7 heteroatoms. The average Bonchev–Trinajstić information content (AvgIpc) is 3.22. The topological polar surface area (TPSA) is 78.9 Å². The van der Waals surface area contributed by atoms with Crippen LogP contribution in [-0.2, 0) is 4.79 Å². The quantitative estimate of drug-likeness (QED) is 0.804. The molecule has 23 heavy (non-hydrogen) atoms. The molecule has 4 rings (SSSR count). The Morgan fingerprint density at radius 2 is 2.13 bits per heavy atom. The SMILES string of the molecule is O=C(Nc1nc(-c2ccccn2)cs1)C1NNC2CCCCC21. The van der Waals surface area contributed by atoms with Gasteiger partial charge in [0.25, 0.3) is 0 Å². The van der Waals surface area contributed by atoms with E-state index in [-0.39, 0.29) is 11.9 Å². The van der Waals surface area contributed by atoms with Crippen LogP contribution in [0, 0.1) is 5.92 Å². The average molecular weight is 329 g/mol. The molecule has 3 N–H and O–H groups in total. The van der Waals surface area contributed by atoms with Gasteiger partial charge in [-0.25, -0.2) is 10.4 Å². The number of pyridine rings is 1. The van der Waals surface area contributed by atoms with Gasteiger partial charge in [0.2, 0.25) is 5.91 Å². The molecule has 3 heterocycles. The third kappa shape index (κ3) is 2.99. The summed E-state index contributed by atoms with van der Waals surface area (Å²) in [7, 11) is 0. The second kappa shape index (κ2) is 6.35. The highest BCUT2D eigenvalue weighted by Crippen LogP contribution is 2.31. The Kier molecular flexibility index (Phi) is 4.07. The first-order valence-electron chi connectivity index (χ1n) is 8.00. The summed E-state index contributed by atoms with van der Waals surface area (Å²) in [6, 6.07) is 5.95. The van der Waals surface area contributed by atoms with Crippen LogP contribution in [0.1, 0.15) is 25.7 Å². The number of nitrogens with zero attached hydrogens (tertiary/aromatic N) is 2. The van der Waals surface area contributed by atoms with E-state index < -0.39 is 0 Å². The lowest BCUT2D eigenvalue weighted by Crippen LogP contribution is -2.42. The van der Waals surface area contributed by atoms with Gasteiger partial charge in [-0.05, 0) is 25.0 Å². The van der Waals surface area contributed by atoms with Crippen molar-refractivity contribution in [1.29, 1.82) is 0 Å². The van der Waals surface area contributed by atoms with Gasteiger partial charge in [-0.3, -0.25) is 15.2 Å². The first-order valence-corrected chi connectivity index (χ1v) is 8.88. The van der Waals surface area contributed by atoms with Crippen molar-refractivity contribution in [2.75, 3.05) is 5.32 Å². The summed E-state index contributed by atoms with van der Waals surface area (Å²) in [5, 5.41) is 5.49. The highest BCUT2D eigenvalue weighted by molar-refractivity contribution is 7.14. The molecule has 1 aliphatic heterocycles. The lowest BCUT2D eigenvalue weighted by Gasteiger charge is -2.26. The van der Waals surface area contributed by atoms with E-state index in [4.69, 9.17) is 0 Å². The summed E-state index contributed by atoms with van der Waals surface area (Å²) >= 11 is 1.43. The van der Waals surface area contributed by atoms with Crippen LogP contribution >= 0.6 is 11.3 Å². The number of carbonyl (C=O) groups excluding carboxylic acids is 1. The number of carbonyl (C=O) groups is 1. The van der Waals surface area contributed by atoms with Crippen molar-refractivity contribution in [2.24, 2.45) is 5.92 Å². The maximum atomic E-state index is 12.6. The lowest BCUT2D eigenvalue weighted by molar-refractivity contribution is -0.118. The molecule has 1 aliphatic carbocycles.